The van der Waals surface area contributed by atoms with Crippen LogP contribution in [0.5, 0.6) is 0 Å². The molecule has 194 valence electrons. The van der Waals surface area contributed by atoms with Gasteiger partial charge in [0, 0.05) is 43.7 Å². The standard InChI is InChI=1S/C13H12BrNO2.C10H8BrNO2.C3H7BO2/c1-17-13(16)11-6-8(14)7-12-10(11)4-5-15(12)9-2-3-9;1-14-10(13)8-4-6(11)5-9-7(8)2-3-12-9;5-4(6)3-1-2-3/h4-7,9H,2-3H2,1H3;2-5,12H,1H3;3,5-6H,1-2H2. The molecule has 0 unspecified atom stereocenters. The number of aromatic amines is 1. The first-order valence-corrected chi connectivity index (χ1v) is 13.4. The first-order valence-electron chi connectivity index (χ1n) is 11.8. The number of carbonyl (C=O) groups excluding carboxylic acids is 2. The van der Waals surface area contributed by atoms with Crippen LogP contribution >= 0.6 is 31.9 Å². The largest absolute Gasteiger partial charge is 0.465 e. The zero-order valence-corrected chi connectivity index (χ0v) is 23.6. The van der Waals surface area contributed by atoms with E-state index in [1.807, 2.05) is 24.3 Å². The third kappa shape index (κ3) is 6.65. The minimum Gasteiger partial charge on any atom is -0.465 e. The average molecular weight is 634 g/mol. The van der Waals surface area contributed by atoms with Crippen molar-refractivity contribution in [1.82, 2.24) is 9.55 Å². The second-order valence-electron chi connectivity index (χ2n) is 8.97. The number of nitrogens with one attached hydrogen (secondary N) is 1. The zero-order valence-electron chi connectivity index (χ0n) is 20.4. The maximum atomic E-state index is 11.7. The van der Waals surface area contributed by atoms with E-state index in [9.17, 15) is 9.59 Å². The van der Waals surface area contributed by atoms with Crippen LogP contribution < -0.4 is 0 Å². The van der Waals surface area contributed by atoms with Gasteiger partial charge >= 0.3 is 19.1 Å². The Balaban J connectivity index is 0.000000144. The summed E-state index contributed by atoms with van der Waals surface area (Å²) in [6.45, 7) is 0. The van der Waals surface area contributed by atoms with E-state index in [0.29, 0.717) is 17.2 Å². The molecule has 0 radical (unpaired) electrons. The summed E-state index contributed by atoms with van der Waals surface area (Å²) in [6, 6.07) is 12.0. The number of H-pyrrole nitrogens is 1. The van der Waals surface area contributed by atoms with Crippen LogP contribution in [0.15, 0.2) is 57.7 Å². The van der Waals surface area contributed by atoms with E-state index in [0.717, 1.165) is 43.6 Å². The summed E-state index contributed by atoms with van der Waals surface area (Å²) < 4.78 is 13.5. The fourth-order valence-corrected chi connectivity index (χ4v) is 4.89. The number of carbonyl (C=O) groups is 2. The van der Waals surface area contributed by atoms with E-state index in [1.54, 1.807) is 12.3 Å². The molecule has 6 rings (SSSR count). The van der Waals surface area contributed by atoms with E-state index in [4.69, 9.17) is 19.5 Å². The molecule has 0 saturated heterocycles. The van der Waals surface area contributed by atoms with Crippen LogP contribution in [0.1, 0.15) is 52.4 Å². The van der Waals surface area contributed by atoms with Crippen LogP contribution in [0.3, 0.4) is 0 Å². The number of hydrogen-bond acceptors (Lipinski definition) is 6. The van der Waals surface area contributed by atoms with Crippen molar-refractivity contribution in [2.45, 2.75) is 37.5 Å². The van der Waals surface area contributed by atoms with Gasteiger partial charge in [0.15, 0.2) is 0 Å². The molecule has 2 aromatic carbocycles. The topological polar surface area (TPSA) is 114 Å². The molecule has 8 nitrogen and oxygen atoms in total. The summed E-state index contributed by atoms with van der Waals surface area (Å²) in [5, 5.41) is 18.3. The first-order chi connectivity index (χ1) is 17.7. The third-order valence-corrected chi connectivity index (χ3v) is 7.15. The molecular formula is C26H27BBr2N2O6. The fourth-order valence-electron chi connectivity index (χ4n) is 3.98. The number of benzene rings is 2. The Morgan fingerprint density at radius 2 is 1.51 bits per heavy atom. The van der Waals surface area contributed by atoms with Crippen molar-refractivity contribution in [2.75, 3.05) is 14.2 Å². The minimum absolute atomic E-state index is 0.213. The molecule has 2 aliphatic carbocycles. The SMILES string of the molecule is COC(=O)c1cc(Br)cc2[nH]ccc12.COC(=O)c1cc(Br)cc2c1ccn2C1CC1.OB(O)C1CC1. The molecule has 2 aromatic heterocycles. The molecule has 0 atom stereocenters. The van der Waals surface area contributed by atoms with Gasteiger partial charge in [0.25, 0.3) is 0 Å². The predicted octanol–water partition coefficient (Wildman–Crippen LogP) is 5.87. The van der Waals surface area contributed by atoms with Gasteiger partial charge in [-0.25, -0.2) is 9.59 Å². The van der Waals surface area contributed by atoms with Gasteiger partial charge in [-0.1, -0.05) is 44.7 Å². The highest BCUT2D eigenvalue weighted by Gasteiger charge is 2.33. The second kappa shape index (κ2) is 11.9. The van der Waals surface area contributed by atoms with Crippen molar-refractivity contribution in [1.29, 1.82) is 0 Å². The number of aromatic nitrogens is 2. The highest BCUT2D eigenvalue weighted by Crippen LogP contribution is 2.39. The molecule has 0 aliphatic heterocycles. The smallest absolute Gasteiger partial charge is 0.454 e. The van der Waals surface area contributed by atoms with Gasteiger partial charge in [-0.15, -0.1) is 0 Å². The lowest BCUT2D eigenvalue weighted by Crippen LogP contribution is -2.09. The highest BCUT2D eigenvalue weighted by molar-refractivity contribution is 9.10. The van der Waals surface area contributed by atoms with Crippen molar-refractivity contribution in [3.05, 3.63) is 68.9 Å². The van der Waals surface area contributed by atoms with Crippen LogP contribution in [-0.4, -0.2) is 52.9 Å². The molecule has 37 heavy (non-hydrogen) atoms. The van der Waals surface area contributed by atoms with E-state index in [1.165, 1.54) is 27.1 Å². The van der Waals surface area contributed by atoms with Gasteiger partial charge in [-0.2, -0.15) is 0 Å². The lowest BCUT2D eigenvalue weighted by atomic mass is 9.84. The van der Waals surface area contributed by atoms with Gasteiger partial charge in [0.2, 0.25) is 0 Å². The molecule has 0 bridgehead atoms. The normalized spacial score (nSPS) is 14.3. The van der Waals surface area contributed by atoms with E-state index in [2.05, 4.69) is 53.7 Å². The van der Waals surface area contributed by atoms with Crippen LogP contribution in [-0.2, 0) is 9.47 Å². The maximum Gasteiger partial charge on any atom is 0.454 e. The summed E-state index contributed by atoms with van der Waals surface area (Å²) >= 11 is 6.79. The highest BCUT2D eigenvalue weighted by atomic mass is 79.9. The number of nitrogens with zero attached hydrogens (tertiary/aromatic N) is 1. The van der Waals surface area contributed by atoms with Crippen molar-refractivity contribution in [3.63, 3.8) is 0 Å². The van der Waals surface area contributed by atoms with Crippen LogP contribution in [0.4, 0.5) is 0 Å². The van der Waals surface area contributed by atoms with Crippen molar-refractivity contribution in [2.24, 2.45) is 0 Å². The van der Waals surface area contributed by atoms with Gasteiger partial charge in [-0.3, -0.25) is 0 Å². The molecule has 2 saturated carbocycles. The molecule has 0 amide bonds. The predicted molar refractivity (Wildman–Crippen MR) is 150 cm³/mol. The number of halogens is 2. The molecule has 3 N–H and O–H groups in total. The van der Waals surface area contributed by atoms with E-state index < -0.39 is 7.12 Å². The summed E-state index contributed by atoms with van der Waals surface area (Å²) in [6.07, 6.45) is 8.30. The number of hydrogen-bond donors (Lipinski definition) is 3. The number of fused-ring (bicyclic) bond motifs is 2. The molecule has 0 spiro atoms. The number of rotatable bonds is 4. The Kier molecular flexibility index (Phi) is 8.79. The van der Waals surface area contributed by atoms with E-state index in [-0.39, 0.29) is 17.8 Å². The monoisotopic (exact) mass is 632 g/mol. The zero-order chi connectivity index (χ0) is 26.7. The minimum atomic E-state index is -1.04. The summed E-state index contributed by atoms with van der Waals surface area (Å²) in [5.74, 6) is -0.397. The maximum absolute atomic E-state index is 11.7. The summed E-state index contributed by atoms with van der Waals surface area (Å²) in [7, 11) is 1.75. The van der Waals surface area contributed by atoms with Crippen LogP contribution in [0, 0.1) is 0 Å². The van der Waals surface area contributed by atoms with Crippen molar-refractivity contribution in [3.8, 4) is 0 Å². The number of esters is 2. The number of methoxy groups -OCH3 is 2. The molecule has 2 heterocycles. The molecule has 4 aromatic rings. The van der Waals surface area contributed by atoms with Crippen LogP contribution in [0.2, 0.25) is 5.82 Å². The summed E-state index contributed by atoms with van der Waals surface area (Å²) in [4.78, 5) is 26.2. The Morgan fingerprint density at radius 1 is 0.919 bits per heavy atom. The second-order valence-corrected chi connectivity index (χ2v) is 10.8. The molecular weight excluding hydrogens is 607 g/mol. The average Bonchev–Trinajstić information content (AvgIpc) is 3.82. The van der Waals surface area contributed by atoms with Crippen molar-refractivity contribution < 1.29 is 29.1 Å². The molecule has 11 heteroatoms. The first kappa shape index (κ1) is 27.4. The third-order valence-electron chi connectivity index (χ3n) is 6.23. The van der Waals surface area contributed by atoms with Gasteiger partial charge in [0.1, 0.15) is 0 Å². The Bertz CT molecular complexity index is 1430. The van der Waals surface area contributed by atoms with Crippen LogP contribution in [0.25, 0.3) is 21.8 Å². The van der Waals surface area contributed by atoms with Gasteiger partial charge in [0.05, 0.1) is 30.9 Å². The number of ether oxygens (including phenoxy) is 2. The fraction of sp³-hybridized carbons (Fsp3) is 0.308. The Morgan fingerprint density at radius 3 is 2.03 bits per heavy atom. The van der Waals surface area contributed by atoms with Crippen molar-refractivity contribution >= 4 is 72.7 Å². The Labute approximate surface area is 231 Å². The lowest BCUT2D eigenvalue weighted by molar-refractivity contribution is 0.0594. The molecule has 2 aliphatic rings. The van der Waals surface area contributed by atoms with E-state index >= 15 is 0 Å². The van der Waals surface area contributed by atoms with Gasteiger partial charge < -0.3 is 29.1 Å². The Hall–Kier alpha value is -2.60. The van der Waals surface area contributed by atoms with Gasteiger partial charge in [-0.05, 0) is 55.1 Å². The quantitative estimate of drug-likeness (QED) is 0.192. The lowest BCUT2D eigenvalue weighted by Gasteiger charge is -2.06. The molecule has 2 fully saturated rings. The summed E-state index contributed by atoms with van der Waals surface area (Å²) in [5.41, 5.74) is 3.21.